The second kappa shape index (κ2) is 4.12. The van der Waals surface area contributed by atoms with E-state index in [1.54, 1.807) is 6.07 Å². The van der Waals surface area contributed by atoms with Crippen LogP contribution in [0.4, 0.5) is 4.39 Å². The molecule has 0 heterocycles. The molecule has 1 fully saturated rings. The van der Waals surface area contributed by atoms with Crippen molar-refractivity contribution in [3.63, 3.8) is 0 Å². The highest BCUT2D eigenvalue weighted by Gasteiger charge is 2.17. The van der Waals surface area contributed by atoms with E-state index < -0.39 is 0 Å². The monoisotopic (exact) mass is 192 g/mol. The third-order valence-corrected chi connectivity index (χ3v) is 3.25. The highest BCUT2D eigenvalue weighted by atomic mass is 19.1. The molecule has 0 amide bonds. The van der Waals surface area contributed by atoms with Crippen molar-refractivity contribution in [1.82, 2.24) is 0 Å². The summed E-state index contributed by atoms with van der Waals surface area (Å²) in [5.74, 6) is 0.838. The Bertz CT molecular complexity index is 313. The summed E-state index contributed by atoms with van der Waals surface area (Å²) in [6, 6.07) is 5.40. The van der Waals surface area contributed by atoms with E-state index in [4.69, 9.17) is 0 Å². The molecule has 1 aliphatic rings. The summed E-state index contributed by atoms with van der Waals surface area (Å²) in [4.78, 5) is 0. The van der Waals surface area contributed by atoms with Gasteiger partial charge >= 0.3 is 0 Å². The van der Waals surface area contributed by atoms with Crippen LogP contribution in [0.1, 0.15) is 36.8 Å². The molecule has 1 aromatic carbocycles. The molecule has 0 aromatic heterocycles. The first-order valence-electron chi connectivity index (χ1n) is 5.51. The van der Waals surface area contributed by atoms with E-state index in [0.29, 0.717) is 0 Å². The zero-order chi connectivity index (χ0) is 9.97. The predicted molar refractivity (Wildman–Crippen MR) is 56.8 cm³/mol. The molecule has 1 saturated carbocycles. The van der Waals surface area contributed by atoms with Crippen molar-refractivity contribution in [3.05, 3.63) is 35.1 Å². The molecular weight excluding hydrogens is 175 g/mol. The summed E-state index contributed by atoms with van der Waals surface area (Å²) < 4.78 is 13.3. The normalized spacial score (nSPS) is 16.7. The minimum Gasteiger partial charge on any atom is -0.207 e. The summed E-state index contributed by atoms with van der Waals surface area (Å²) in [5.41, 5.74) is 2.06. The summed E-state index contributed by atoms with van der Waals surface area (Å²) >= 11 is 0. The van der Waals surface area contributed by atoms with Crippen LogP contribution in [-0.4, -0.2) is 0 Å². The van der Waals surface area contributed by atoms with Crippen LogP contribution in [0, 0.1) is 18.7 Å². The van der Waals surface area contributed by atoms with Gasteiger partial charge in [-0.3, -0.25) is 0 Å². The molecule has 0 aliphatic heterocycles. The van der Waals surface area contributed by atoms with Crippen LogP contribution in [0.5, 0.6) is 0 Å². The van der Waals surface area contributed by atoms with Crippen LogP contribution >= 0.6 is 0 Å². The molecule has 0 N–H and O–H groups in total. The Labute approximate surface area is 85.1 Å². The number of aryl methyl sites for hydroxylation is 2. The van der Waals surface area contributed by atoms with Gasteiger partial charge in [0.25, 0.3) is 0 Å². The standard InChI is InChI=1S/C13H17F/c1-10-5-8-13(14)12(9-10)7-6-11-3-2-4-11/h5,8-9,11H,2-4,6-7H2,1H3. The van der Waals surface area contributed by atoms with Crippen LogP contribution < -0.4 is 0 Å². The third-order valence-electron chi connectivity index (χ3n) is 3.25. The Morgan fingerprint density at radius 2 is 2.14 bits per heavy atom. The Hall–Kier alpha value is -0.850. The Kier molecular flexibility index (Phi) is 2.85. The van der Waals surface area contributed by atoms with Crippen molar-refractivity contribution in [1.29, 1.82) is 0 Å². The van der Waals surface area contributed by atoms with Crippen molar-refractivity contribution in [3.8, 4) is 0 Å². The van der Waals surface area contributed by atoms with Crippen molar-refractivity contribution in [2.45, 2.75) is 39.0 Å². The van der Waals surface area contributed by atoms with Crippen LogP contribution in [0.2, 0.25) is 0 Å². The van der Waals surface area contributed by atoms with Gasteiger partial charge in [-0.1, -0.05) is 37.0 Å². The lowest BCUT2D eigenvalue weighted by Gasteiger charge is -2.25. The lowest BCUT2D eigenvalue weighted by molar-refractivity contribution is 0.295. The molecule has 0 saturated heterocycles. The van der Waals surface area contributed by atoms with E-state index >= 15 is 0 Å². The Morgan fingerprint density at radius 1 is 1.36 bits per heavy atom. The molecule has 14 heavy (non-hydrogen) atoms. The minimum absolute atomic E-state index is 0.0325. The smallest absolute Gasteiger partial charge is 0.126 e. The fraction of sp³-hybridized carbons (Fsp3) is 0.538. The van der Waals surface area contributed by atoms with Crippen LogP contribution in [0.3, 0.4) is 0 Å². The molecule has 0 atom stereocenters. The second-order valence-corrected chi connectivity index (χ2v) is 4.43. The average molecular weight is 192 g/mol. The number of halogens is 1. The molecule has 1 heteroatoms. The van der Waals surface area contributed by atoms with Gasteiger partial charge in [0.2, 0.25) is 0 Å². The van der Waals surface area contributed by atoms with E-state index in [9.17, 15) is 4.39 Å². The number of rotatable bonds is 3. The highest BCUT2D eigenvalue weighted by Crippen LogP contribution is 2.30. The predicted octanol–water partition coefficient (Wildman–Crippen LogP) is 3.87. The van der Waals surface area contributed by atoms with E-state index in [-0.39, 0.29) is 5.82 Å². The molecular formula is C13H17F. The van der Waals surface area contributed by atoms with Gasteiger partial charge < -0.3 is 0 Å². The first kappa shape index (κ1) is 9.70. The van der Waals surface area contributed by atoms with Crippen LogP contribution in [0.25, 0.3) is 0 Å². The molecule has 0 spiro atoms. The molecule has 0 bridgehead atoms. The number of benzene rings is 1. The summed E-state index contributed by atoms with van der Waals surface area (Å²) in [6.45, 7) is 2.02. The molecule has 76 valence electrons. The first-order valence-corrected chi connectivity index (χ1v) is 5.51. The Balaban J connectivity index is 1.96. The fourth-order valence-corrected chi connectivity index (χ4v) is 2.04. The number of hydrogen-bond acceptors (Lipinski definition) is 0. The maximum Gasteiger partial charge on any atom is 0.126 e. The molecule has 0 nitrogen and oxygen atoms in total. The summed E-state index contributed by atoms with van der Waals surface area (Å²) in [5, 5.41) is 0. The van der Waals surface area contributed by atoms with Gasteiger partial charge in [-0.15, -0.1) is 0 Å². The largest absolute Gasteiger partial charge is 0.207 e. The van der Waals surface area contributed by atoms with E-state index in [0.717, 1.165) is 23.5 Å². The van der Waals surface area contributed by atoms with Gasteiger partial charge in [0, 0.05) is 0 Å². The van der Waals surface area contributed by atoms with Gasteiger partial charge in [0.15, 0.2) is 0 Å². The average Bonchev–Trinajstić information content (AvgIpc) is 2.08. The van der Waals surface area contributed by atoms with Gasteiger partial charge in [-0.25, -0.2) is 4.39 Å². The minimum atomic E-state index is -0.0325. The zero-order valence-corrected chi connectivity index (χ0v) is 8.72. The summed E-state index contributed by atoms with van der Waals surface area (Å²) in [7, 11) is 0. The van der Waals surface area contributed by atoms with E-state index in [1.807, 2.05) is 19.1 Å². The topological polar surface area (TPSA) is 0 Å². The first-order chi connectivity index (χ1) is 6.75. The maximum atomic E-state index is 13.3. The van der Waals surface area contributed by atoms with Crippen molar-refractivity contribution < 1.29 is 4.39 Å². The molecule has 1 aliphatic carbocycles. The Morgan fingerprint density at radius 3 is 2.79 bits per heavy atom. The maximum absolute atomic E-state index is 13.3. The van der Waals surface area contributed by atoms with Gasteiger partial charge in [0.05, 0.1) is 0 Å². The second-order valence-electron chi connectivity index (χ2n) is 4.43. The van der Waals surface area contributed by atoms with Gasteiger partial charge in [-0.05, 0) is 37.3 Å². The molecule has 0 unspecified atom stereocenters. The SMILES string of the molecule is Cc1ccc(F)c(CCC2CCC2)c1. The molecule has 1 aromatic rings. The lowest BCUT2D eigenvalue weighted by Crippen LogP contribution is -2.12. The zero-order valence-electron chi connectivity index (χ0n) is 8.72. The quantitative estimate of drug-likeness (QED) is 0.682. The molecule has 2 rings (SSSR count). The summed E-state index contributed by atoms with van der Waals surface area (Å²) in [6.07, 6.45) is 6.17. The van der Waals surface area contributed by atoms with E-state index in [2.05, 4.69) is 0 Å². The van der Waals surface area contributed by atoms with E-state index in [1.165, 1.54) is 25.7 Å². The van der Waals surface area contributed by atoms with Crippen molar-refractivity contribution in [2.75, 3.05) is 0 Å². The van der Waals surface area contributed by atoms with Gasteiger partial charge in [0.1, 0.15) is 5.82 Å². The van der Waals surface area contributed by atoms with Crippen LogP contribution in [0.15, 0.2) is 18.2 Å². The number of hydrogen-bond donors (Lipinski definition) is 0. The highest BCUT2D eigenvalue weighted by molar-refractivity contribution is 5.24. The van der Waals surface area contributed by atoms with Crippen LogP contribution in [-0.2, 0) is 6.42 Å². The third kappa shape index (κ3) is 2.14. The van der Waals surface area contributed by atoms with Crippen molar-refractivity contribution in [2.24, 2.45) is 5.92 Å². The van der Waals surface area contributed by atoms with Gasteiger partial charge in [-0.2, -0.15) is 0 Å². The molecule has 0 radical (unpaired) electrons. The lowest BCUT2D eigenvalue weighted by atomic mass is 9.81. The fourth-order valence-electron chi connectivity index (χ4n) is 2.04. The van der Waals surface area contributed by atoms with Crippen molar-refractivity contribution >= 4 is 0 Å².